The monoisotopic (exact) mass is 1100 g/mol. The van der Waals surface area contributed by atoms with Crippen molar-refractivity contribution in [2.75, 3.05) is 21.3 Å². The molecule has 6 rings (SSSR count). The molecule has 0 heterocycles. The number of nitrogens with one attached hydrogen (secondary N) is 4. The van der Waals surface area contributed by atoms with Crippen LogP contribution in [0.4, 0.5) is 27.5 Å². The predicted octanol–water partition coefficient (Wildman–Crippen LogP) is -6.39. The van der Waals surface area contributed by atoms with E-state index in [-0.39, 0.29) is 88.7 Å². The molecule has 0 saturated carbocycles. The van der Waals surface area contributed by atoms with Crippen molar-refractivity contribution in [1.29, 1.82) is 0 Å². The summed E-state index contributed by atoms with van der Waals surface area (Å²) in [4.78, 5) is 33.5. The number of benzene rings is 6. The topological polar surface area (TPSA) is 434 Å². The van der Waals surface area contributed by atoms with Gasteiger partial charge in [0.25, 0.3) is 42.2 Å². The van der Waals surface area contributed by atoms with Gasteiger partial charge in [0, 0.05) is 32.9 Å². The van der Waals surface area contributed by atoms with Crippen LogP contribution < -0.4 is 110 Å². The first-order valence-electron chi connectivity index (χ1n) is 17.2. The van der Waals surface area contributed by atoms with Crippen LogP contribution >= 0.6 is 0 Å². The Kier molecular flexibility index (Phi) is 18.8. The van der Waals surface area contributed by atoms with Crippen LogP contribution in [-0.4, -0.2) is 95.7 Å². The van der Waals surface area contributed by atoms with E-state index in [1.54, 1.807) is 0 Å². The average molecular weight is 1100 g/mol. The van der Waals surface area contributed by atoms with Gasteiger partial charge in [-0.1, -0.05) is 24.3 Å². The zero-order chi connectivity index (χ0) is 49.1. The molecule has 0 radical (unpaired) electrons. The first-order chi connectivity index (χ1) is 30.3. The van der Waals surface area contributed by atoms with E-state index in [4.69, 9.17) is 0 Å². The van der Waals surface area contributed by atoms with Gasteiger partial charge in [0.05, 0.1) is 37.2 Å². The molecule has 0 saturated heterocycles. The fourth-order valence-corrected chi connectivity index (χ4v) is 10.7. The molecule has 0 unspecified atom stereocenters. The van der Waals surface area contributed by atoms with Crippen molar-refractivity contribution in [3.63, 3.8) is 0 Å². The first-order valence-corrected chi connectivity index (χ1v) is 25.7. The minimum atomic E-state index is -5.63. The number of amides is 4. The van der Waals surface area contributed by atoms with E-state index in [0.717, 1.165) is 66.7 Å². The summed E-state index contributed by atoms with van der Waals surface area (Å²) < 4.78 is 212. The van der Waals surface area contributed by atoms with Crippen molar-refractivity contribution in [2.24, 2.45) is 0 Å². The van der Waals surface area contributed by atoms with Crippen LogP contribution in [0.25, 0.3) is 21.5 Å². The van der Waals surface area contributed by atoms with Crippen molar-refractivity contribution in [3.05, 3.63) is 108 Å². The fourth-order valence-electron chi connectivity index (χ4n) is 6.44. The molecule has 0 aromatic heterocycles. The molecule has 0 aliphatic rings. The van der Waals surface area contributed by atoms with E-state index in [0.29, 0.717) is 30.3 Å². The van der Waals surface area contributed by atoms with E-state index in [1.165, 1.54) is 0 Å². The first kappa shape index (κ1) is 59.8. The molecule has 6 aromatic rings. The van der Waals surface area contributed by atoms with E-state index < -0.39 is 163 Å². The zero-order valence-electron chi connectivity index (χ0n) is 34.9. The smallest absolute Gasteiger partial charge is 0.744 e. The van der Waals surface area contributed by atoms with Gasteiger partial charge in [-0.25, -0.2) is 30.0 Å². The van der Waals surface area contributed by atoms with Crippen LogP contribution in [0, 0.1) is 0 Å². The number of anilines is 4. The number of carbonyl (C=O) groups is 3. The molecule has 0 atom stereocenters. The summed E-state index contributed by atoms with van der Waals surface area (Å²) in [7, 11) is -31.9. The van der Waals surface area contributed by atoms with Crippen LogP contribution in [0.2, 0.25) is 0 Å². The van der Waals surface area contributed by atoms with Gasteiger partial charge in [-0.15, -0.1) is 0 Å². The Labute approximate surface area is 457 Å². The summed E-state index contributed by atoms with van der Waals surface area (Å²) in [6.07, 6.45) is 0. The average Bonchev–Trinajstić information content (AvgIpc) is 3.18. The van der Waals surface area contributed by atoms with Crippen LogP contribution in [0.5, 0.6) is 0 Å². The minimum Gasteiger partial charge on any atom is -0.744 e. The van der Waals surface area contributed by atoms with Crippen molar-refractivity contribution in [2.45, 2.75) is 29.4 Å². The van der Waals surface area contributed by atoms with Gasteiger partial charge in [-0.05, 0) is 72.8 Å². The zero-order valence-corrected chi connectivity index (χ0v) is 45.8. The number of hydrogen-bond acceptors (Lipinski definition) is 18. The second-order valence-electron chi connectivity index (χ2n) is 13.3. The van der Waals surface area contributed by atoms with Gasteiger partial charge in [-0.2, -0.15) is 25.3 Å². The summed E-state index contributed by atoms with van der Waals surface area (Å²) in [5, 5.41) is 5.82. The summed E-state index contributed by atoms with van der Waals surface area (Å²) in [5.74, 6) is -2.90. The Balaban J connectivity index is 0.00000420. The number of rotatable bonds is 12. The quantitative estimate of drug-likeness (QED) is 0.0443. The Morgan fingerprint density at radius 2 is 0.725 bits per heavy atom. The normalized spacial score (nSPS) is 12.1. The Morgan fingerprint density at radius 3 is 1.06 bits per heavy atom. The third-order valence-corrected chi connectivity index (χ3v) is 14.4. The van der Waals surface area contributed by atoms with Crippen LogP contribution in [-0.2, 0) is 60.7 Å². The molecule has 0 spiro atoms. The number of hydrogen-bond donors (Lipinski definition) is 7. The SMILES string of the molecule is O=C(Nc1ccc(C(=O)Nc2ccc(S(=O)(=O)[O-])c3cccc(S(=O)(=O)O)c23)c(S(=O)(=O)[O-])c1)Nc1ccc(C(=O)Nc2ccc(S(=O)(=O)O)c3cccc(S(=O)(=O)O)c23)c(S(=O)(=O)[O-])c1.[Na+].[Na+].[Na+]. The summed E-state index contributed by atoms with van der Waals surface area (Å²) in [6.45, 7) is 0. The van der Waals surface area contributed by atoms with Crippen molar-refractivity contribution in [3.8, 4) is 0 Å². The van der Waals surface area contributed by atoms with E-state index in [1.807, 2.05) is 0 Å². The molecule has 25 nitrogen and oxygen atoms in total. The Hall–Kier alpha value is -3.49. The number of carbonyl (C=O) groups excluding carboxylic acids is 3. The predicted molar refractivity (Wildman–Crippen MR) is 223 cm³/mol. The summed E-state index contributed by atoms with van der Waals surface area (Å²) in [5.41, 5.74) is -4.10. The van der Waals surface area contributed by atoms with Crippen molar-refractivity contribution in [1.82, 2.24) is 0 Å². The maximum atomic E-state index is 13.4. The number of urea groups is 1. The largest absolute Gasteiger partial charge is 1.00 e. The standard InChI is InChI=1S/C35H26N4O21S6.3Na/c40-33(38-23-11-13-25(61(43,44)45)19-3-1-5-27(31(19)23)63(49,50)51)21-9-7-17(15-29(21)65(55,56)57)36-35(42)37-18-8-10-22(30(16-18)66(58,59)60)34(41)39-24-12-14-26(62(46,47)48)20-4-2-6-28(32(20)24)64(52,53)54;;;/h1-16H,(H,38,40)(H,39,41)(H2,36,37,42)(H,43,44,45)(H,46,47,48)(H,49,50,51)(H,52,53,54)(H,55,56,57)(H,58,59,60);;;/q;3*+1/p-3. The minimum absolute atomic E-state index is 0. The second kappa shape index (κ2) is 21.7. The second-order valence-corrected chi connectivity index (χ2v) is 21.5. The Morgan fingerprint density at radius 1 is 0.391 bits per heavy atom. The molecule has 348 valence electrons. The molecule has 4 amide bonds. The number of fused-ring (bicyclic) bond motifs is 2. The maximum absolute atomic E-state index is 13.4. The molecule has 0 bridgehead atoms. The maximum Gasteiger partial charge on any atom is 1.00 e. The third kappa shape index (κ3) is 13.5. The van der Waals surface area contributed by atoms with Gasteiger partial charge in [0.1, 0.15) is 45.0 Å². The molecule has 0 fully saturated rings. The molecule has 34 heteroatoms. The van der Waals surface area contributed by atoms with Gasteiger partial charge >= 0.3 is 94.7 Å². The molecular formula is C35H23N4Na3O21S6. The Bertz CT molecular complexity index is 3590. The van der Waals surface area contributed by atoms with E-state index in [9.17, 15) is 92.2 Å². The molecule has 7 N–H and O–H groups in total. The van der Waals surface area contributed by atoms with Crippen molar-refractivity contribution < 1.29 is 181 Å². The third-order valence-electron chi connectivity index (χ3n) is 9.03. The van der Waals surface area contributed by atoms with Crippen LogP contribution in [0.15, 0.2) is 126 Å². The van der Waals surface area contributed by atoms with Crippen LogP contribution in [0.3, 0.4) is 0 Å². The van der Waals surface area contributed by atoms with Crippen LogP contribution in [0.1, 0.15) is 20.7 Å². The molecular weight excluding hydrogens is 1070 g/mol. The van der Waals surface area contributed by atoms with E-state index >= 15 is 0 Å². The fraction of sp³-hybridized carbons (Fsp3) is 0. The van der Waals surface area contributed by atoms with Crippen molar-refractivity contribution >= 4 is 123 Å². The molecule has 0 aliphatic carbocycles. The van der Waals surface area contributed by atoms with E-state index in [2.05, 4.69) is 21.3 Å². The molecule has 0 aliphatic heterocycles. The van der Waals surface area contributed by atoms with Gasteiger partial charge in [0.15, 0.2) is 0 Å². The molecule has 6 aromatic carbocycles. The van der Waals surface area contributed by atoms with Gasteiger partial charge in [-0.3, -0.25) is 23.2 Å². The van der Waals surface area contributed by atoms with Gasteiger partial charge in [0.2, 0.25) is 0 Å². The van der Waals surface area contributed by atoms with Gasteiger partial charge < -0.3 is 34.9 Å². The summed E-state index contributed by atoms with van der Waals surface area (Å²) in [6, 6.07) is 11.2. The summed E-state index contributed by atoms with van der Waals surface area (Å²) >= 11 is 0. The molecule has 69 heavy (non-hydrogen) atoms.